The Bertz CT molecular complexity index is 568. The molecule has 0 radical (unpaired) electrons. The maximum absolute atomic E-state index is 12.1. The zero-order valence-corrected chi connectivity index (χ0v) is 11.9. The molecule has 1 aliphatic heterocycles. The van der Waals surface area contributed by atoms with Crippen molar-refractivity contribution >= 4 is 5.78 Å². The van der Waals surface area contributed by atoms with E-state index >= 15 is 0 Å². The number of hydrogen-bond donors (Lipinski definition) is 1. The van der Waals surface area contributed by atoms with Gasteiger partial charge in [0.15, 0.2) is 0 Å². The largest absolute Gasteiger partial charge is 0.497 e. The smallest absolute Gasteiger partial charge is 0.133 e. The highest BCUT2D eigenvalue weighted by atomic mass is 16.5. The standard InChI is InChI=1S/C17H21NO2/c1-20-13-4-2-11-8-16-14-5-3-12(19)10-17(14,6-7-18-16)15(11)9-13/h2,4,9,14,16,18H,3,5-8,10H2,1H3. The van der Waals surface area contributed by atoms with Gasteiger partial charge in [-0.25, -0.2) is 0 Å². The van der Waals surface area contributed by atoms with Crippen LogP contribution in [0.3, 0.4) is 0 Å². The van der Waals surface area contributed by atoms with Gasteiger partial charge in [0.05, 0.1) is 7.11 Å². The van der Waals surface area contributed by atoms with E-state index in [0.717, 1.165) is 44.4 Å². The SMILES string of the molecule is COc1ccc2c(c1)C13CCNC(C2)C1CCC(=O)C3. The number of carbonyl (C=O) groups excluding carboxylic acids is 1. The molecule has 0 amide bonds. The van der Waals surface area contributed by atoms with Gasteiger partial charge in [-0.2, -0.15) is 0 Å². The van der Waals surface area contributed by atoms with Gasteiger partial charge >= 0.3 is 0 Å². The van der Waals surface area contributed by atoms with Crippen molar-refractivity contribution in [1.29, 1.82) is 0 Å². The van der Waals surface area contributed by atoms with E-state index in [9.17, 15) is 4.79 Å². The predicted molar refractivity (Wildman–Crippen MR) is 77.1 cm³/mol. The summed E-state index contributed by atoms with van der Waals surface area (Å²) in [6.07, 6.45) is 4.73. The third-order valence-electron chi connectivity index (χ3n) is 5.71. The summed E-state index contributed by atoms with van der Waals surface area (Å²) in [5, 5.41) is 3.69. The lowest BCUT2D eigenvalue weighted by Crippen LogP contribution is -2.60. The number of benzene rings is 1. The van der Waals surface area contributed by atoms with Gasteiger partial charge in [0.25, 0.3) is 0 Å². The van der Waals surface area contributed by atoms with Crippen molar-refractivity contribution in [3.8, 4) is 5.75 Å². The molecular formula is C17H21NO2. The van der Waals surface area contributed by atoms with Crippen molar-refractivity contribution in [2.24, 2.45) is 5.92 Å². The summed E-state index contributed by atoms with van der Waals surface area (Å²) in [6.45, 7) is 1.03. The van der Waals surface area contributed by atoms with Gasteiger partial charge in [0.1, 0.15) is 11.5 Å². The first-order valence-corrected chi connectivity index (χ1v) is 7.65. The molecule has 3 heteroatoms. The molecule has 4 rings (SSSR count). The number of Topliss-reactive ketones (excluding diaryl/α,β-unsaturated/α-hetero) is 1. The summed E-state index contributed by atoms with van der Waals surface area (Å²) in [4.78, 5) is 12.1. The Hall–Kier alpha value is -1.35. The molecule has 1 N–H and O–H groups in total. The summed E-state index contributed by atoms with van der Waals surface area (Å²) in [7, 11) is 1.72. The first-order chi connectivity index (χ1) is 9.73. The van der Waals surface area contributed by atoms with Crippen molar-refractivity contribution < 1.29 is 9.53 Å². The van der Waals surface area contributed by atoms with E-state index in [-0.39, 0.29) is 5.41 Å². The molecular weight excluding hydrogens is 250 g/mol. The highest BCUT2D eigenvalue weighted by molar-refractivity contribution is 5.81. The fourth-order valence-electron chi connectivity index (χ4n) is 4.85. The second-order valence-corrected chi connectivity index (χ2v) is 6.55. The third kappa shape index (κ3) is 1.59. The Morgan fingerprint density at radius 3 is 3.15 bits per heavy atom. The molecule has 3 nitrogen and oxygen atoms in total. The number of fused-ring (bicyclic) bond motifs is 1. The fourth-order valence-corrected chi connectivity index (χ4v) is 4.85. The number of ether oxygens (including phenoxy) is 1. The van der Waals surface area contributed by atoms with Crippen molar-refractivity contribution in [3.63, 3.8) is 0 Å². The predicted octanol–water partition coefficient (Wildman–Crippen LogP) is 2.22. The molecule has 1 aromatic rings. The zero-order chi connectivity index (χ0) is 13.7. The second kappa shape index (κ2) is 4.32. The highest BCUT2D eigenvalue weighted by Gasteiger charge is 2.53. The number of hydrogen-bond acceptors (Lipinski definition) is 3. The van der Waals surface area contributed by atoms with Crippen LogP contribution >= 0.6 is 0 Å². The van der Waals surface area contributed by atoms with Gasteiger partial charge < -0.3 is 10.1 Å². The molecule has 3 unspecified atom stereocenters. The maximum Gasteiger partial charge on any atom is 0.133 e. The number of ketones is 1. The van der Waals surface area contributed by atoms with Crippen LogP contribution in [0.15, 0.2) is 18.2 Å². The summed E-state index contributed by atoms with van der Waals surface area (Å²) in [5.41, 5.74) is 2.88. The summed E-state index contributed by atoms with van der Waals surface area (Å²) in [5.74, 6) is 1.98. The van der Waals surface area contributed by atoms with Gasteiger partial charge in [0.2, 0.25) is 0 Å². The van der Waals surface area contributed by atoms with Gasteiger partial charge in [-0.15, -0.1) is 0 Å². The van der Waals surface area contributed by atoms with Crippen molar-refractivity contribution in [3.05, 3.63) is 29.3 Å². The summed E-state index contributed by atoms with van der Waals surface area (Å²) in [6, 6.07) is 7.00. The lowest BCUT2D eigenvalue weighted by Gasteiger charge is -2.55. The number of rotatable bonds is 1. The van der Waals surface area contributed by atoms with E-state index in [4.69, 9.17) is 4.74 Å². The van der Waals surface area contributed by atoms with Crippen LogP contribution in [0.5, 0.6) is 5.75 Å². The minimum absolute atomic E-state index is 0.0768. The van der Waals surface area contributed by atoms with Gasteiger partial charge in [-0.1, -0.05) is 6.07 Å². The zero-order valence-electron chi connectivity index (χ0n) is 11.9. The number of piperidine rings is 1. The molecule has 106 valence electrons. The molecule has 3 atom stereocenters. The lowest BCUT2D eigenvalue weighted by molar-refractivity contribution is -0.125. The normalized spacial score (nSPS) is 35.1. The van der Waals surface area contributed by atoms with Gasteiger partial charge in [-0.3, -0.25) is 4.79 Å². The van der Waals surface area contributed by atoms with Crippen molar-refractivity contribution in [1.82, 2.24) is 5.32 Å². The summed E-state index contributed by atoms with van der Waals surface area (Å²) < 4.78 is 5.42. The molecule has 2 bridgehead atoms. The van der Waals surface area contributed by atoms with E-state index in [2.05, 4.69) is 23.5 Å². The van der Waals surface area contributed by atoms with Gasteiger partial charge in [0, 0.05) is 24.3 Å². The first kappa shape index (κ1) is 12.4. The van der Waals surface area contributed by atoms with E-state index in [1.165, 1.54) is 11.1 Å². The Morgan fingerprint density at radius 1 is 1.40 bits per heavy atom. The van der Waals surface area contributed by atoms with Crippen LogP contribution in [0.1, 0.15) is 36.8 Å². The minimum Gasteiger partial charge on any atom is -0.497 e. The molecule has 0 aromatic heterocycles. The van der Waals surface area contributed by atoms with Crippen LogP contribution < -0.4 is 10.1 Å². The average molecular weight is 271 g/mol. The average Bonchev–Trinajstić information content (AvgIpc) is 2.46. The van der Waals surface area contributed by atoms with Crippen LogP contribution in [0, 0.1) is 5.92 Å². The maximum atomic E-state index is 12.1. The second-order valence-electron chi connectivity index (χ2n) is 6.55. The molecule has 1 aromatic carbocycles. The lowest BCUT2D eigenvalue weighted by atomic mass is 9.52. The highest BCUT2D eigenvalue weighted by Crippen LogP contribution is 2.53. The van der Waals surface area contributed by atoms with Crippen LogP contribution in [-0.2, 0) is 16.6 Å². The van der Waals surface area contributed by atoms with Crippen LogP contribution in [0.25, 0.3) is 0 Å². The van der Waals surface area contributed by atoms with Crippen molar-refractivity contribution in [2.75, 3.05) is 13.7 Å². The molecule has 20 heavy (non-hydrogen) atoms. The van der Waals surface area contributed by atoms with E-state index in [0.29, 0.717) is 17.7 Å². The number of carbonyl (C=O) groups is 1. The Labute approximate surface area is 119 Å². The fraction of sp³-hybridized carbons (Fsp3) is 0.588. The molecule has 3 aliphatic rings. The molecule has 1 saturated carbocycles. The molecule has 2 fully saturated rings. The molecule has 0 spiro atoms. The van der Waals surface area contributed by atoms with E-state index in [1.54, 1.807) is 7.11 Å². The third-order valence-corrected chi connectivity index (χ3v) is 5.71. The Kier molecular flexibility index (Phi) is 2.68. The summed E-state index contributed by atoms with van der Waals surface area (Å²) >= 11 is 0. The monoisotopic (exact) mass is 271 g/mol. The van der Waals surface area contributed by atoms with Gasteiger partial charge in [-0.05, 0) is 55.0 Å². The van der Waals surface area contributed by atoms with E-state index in [1.807, 2.05) is 0 Å². The first-order valence-electron chi connectivity index (χ1n) is 7.65. The topological polar surface area (TPSA) is 38.3 Å². The molecule has 1 heterocycles. The molecule has 2 aliphatic carbocycles. The minimum atomic E-state index is 0.0768. The van der Waals surface area contributed by atoms with Crippen LogP contribution in [0.4, 0.5) is 0 Å². The van der Waals surface area contributed by atoms with Crippen LogP contribution in [0.2, 0.25) is 0 Å². The Balaban J connectivity index is 1.89. The van der Waals surface area contributed by atoms with Crippen molar-refractivity contribution in [2.45, 2.75) is 43.6 Å². The molecule has 1 saturated heterocycles. The Morgan fingerprint density at radius 2 is 2.30 bits per heavy atom. The van der Waals surface area contributed by atoms with Crippen LogP contribution in [-0.4, -0.2) is 25.5 Å². The number of methoxy groups -OCH3 is 1. The number of nitrogens with one attached hydrogen (secondary N) is 1. The quantitative estimate of drug-likeness (QED) is 0.851. The van der Waals surface area contributed by atoms with E-state index < -0.39 is 0 Å².